The minimum Gasteiger partial charge on any atom is -0.490 e. The second-order valence-corrected chi connectivity index (χ2v) is 8.89. The first-order valence-corrected chi connectivity index (χ1v) is 12.8. The van der Waals surface area contributed by atoms with Crippen molar-refractivity contribution in [2.45, 2.75) is 25.9 Å². The van der Waals surface area contributed by atoms with Crippen LogP contribution in [0.3, 0.4) is 0 Å². The lowest BCUT2D eigenvalue weighted by molar-refractivity contribution is 0.0697. The molecular weight excluding hydrogens is 498 g/mol. The Labute approximate surface area is 226 Å². The van der Waals surface area contributed by atoms with E-state index in [1.807, 2.05) is 31.2 Å². The summed E-state index contributed by atoms with van der Waals surface area (Å²) < 4.78 is 17.8. The number of pyridine rings is 1. The third-order valence-electron chi connectivity index (χ3n) is 6.07. The zero-order chi connectivity index (χ0) is 27.0. The van der Waals surface area contributed by atoms with Gasteiger partial charge >= 0.3 is 5.97 Å². The number of anilines is 3. The first-order chi connectivity index (χ1) is 19.1. The molecule has 4 aromatic rings. The first-order valence-electron chi connectivity index (χ1n) is 12.8. The number of carbonyl (C=O) groups is 1. The number of aromatic nitrogens is 3. The molecule has 0 bridgehead atoms. The maximum atomic E-state index is 11.1. The van der Waals surface area contributed by atoms with Crippen LogP contribution in [0.25, 0.3) is 0 Å². The lowest BCUT2D eigenvalue weighted by Crippen LogP contribution is -2.41. The van der Waals surface area contributed by atoms with Crippen LogP contribution in [-0.4, -0.2) is 51.8 Å². The number of carboxylic acid groups (broad SMARTS) is 1. The van der Waals surface area contributed by atoms with E-state index in [0.29, 0.717) is 36.4 Å². The fraction of sp³-hybridized carbons (Fsp3) is 0.241. The van der Waals surface area contributed by atoms with Gasteiger partial charge < -0.3 is 29.5 Å². The number of ether oxygens (including phenoxy) is 3. The predicted octanol–water partition coefficient (Wildman–Crippen LogP) is 5.55. The van der Waals surface area contributed by atoms with Crippen molar-refractivity contribution in [2.75, 3.05) is 29.9 Å². The molecule has 2 aromatic heterocycles. The lowest BCUT2D eigenvalue weighted by atomic mass is 10.1. The Morgan fingerprint density at radius 3 is 2.62 bits per heavy atom. The summed E-state index contributed by atoms with van der Waals surface area (Å²) in [5, 5.41) is 12.2. The van der Waals surface area contributed by atoms with E-state index in [4.69, 9.17) is 24.3 Å². The number of carboxylic acids is 1. The van der Waals surface area contributed by atoms with Gasteiger partial charge in [-0.15, -0.1) is 0 Å². The van der Waals surface area contributed by atoms with Gasteiger partial charge in [-0.2, -0.15) is 4.98 Å². The summed E-state index contributed by atoms with van der Waals surface area (Å²) in [7, 11) is 0. The second kappa shape index (κ2) is 12.1. The molecule has 3 heterocycles. The van der Waals surface area contributed by atoms with Gasteiger partial charge in [0.15, 0.2) is 17.3 Å². The number of aromatic carboxylic acids is 1. The van der Waals surface area contributed by atoms with Crippen LogP contribution < -0.4 is 24.4 Å². The van der Waals surface area contributed by atoms with E-state index in [0.717, 1.165) is 36.7 Å². The number of hydrogen-bond acceptors (Lipinski definition) is 9. The van der Waals surface area contributed by atoms with Crippen LogP contribution in [0, 0.1) is 0 Å². The summed E-state index contributed by atoms with van der Waals surface area (Å²) in [5.74, 6) is 3.18. The largest absolute Gasteiger partial charge is 0.490 e. The molecule has 1 fully saturated rings. The molecule has 200 valence electrons. The highest BCUT2D eigenvalue weighted by atomic mass is 16.5. The molecule has 1 saturated heterocycles. The second-order valence-electron chi connectivity index (χ2n) is 8.89. The topological polar surface area (TPSA) is 119 Å². The van der Waals surface area contributed by atoms with Crippen molar-refractivity contribution in [3.8, 4) is 23.1 Å². The maximum absolute atomic E-state index is 11.1. The molecule has 2 aromatic carbocycles. The van der Waals surface area contributed by atoms with Crippen LogP contribution in [-0.2, 0) is 0 Å². The molecule has 1 aliphatic heterocycles. The highest BCUT2D eigenvalue weighted by molar-refractivity contribution is 5.87. The van der Waals surface area contributed by atoms with Gasteiger partial charge in [0.2, 0.25) is 5.88 Å². The van der Waals surface area contributed by atoms with Gasteiger partial charge in [-0.25, -0.2) is 9.78 Å². The van der Waals surface area contributed by atoms with E-state index in [-0.39, 0.29) is 11.7 Å². The van der Waals surface area contributed by atoms with Crippen LogP contribution in [0.15, 0.2) is 79.1 Å². The van der Waals surface area contributed by atoms with Crippen molar-refractivity contribution < 1.29 is 24.1 Å². The van der Waals surface area contributed by atoms with E-state index < -0.39 is 5.97 Å². The van der Waals surface area contributed by atoms with Gasteiger partial charge in [0.05, 0.1) is 31.1 Å². The molecule has 0 radical (unpaired) electrons. The van der Waals surface area contributed by atoms with Crippen molar-refractivity contribution in [3.63, 3.8) is 0 Å². The van der Waals surface area contributed by atoms with Crippen molar-refractivity contribution in [1.29, 1.82) is 0 Å². The Bertz CT molecular complexity index is 1420. The third-order valence-corrected chi connectivity index (χ3v) is 6.07. The Morgan fingerprint density at radius 1 is 1.00 bits per heavy atom. The van der Waals surface area contributed by atoms with Crippen molar-refractivity contribution in [3.05, 3.63) is 84.7 Å². The Morgan fingerprint density at radius 2 is 1.82 bits per heavy atom. The number of rotatable bonds is 10. The summed E-state index contributed by atoms with van der Waals surface area (Å²) >= 11 is 0. The monoisotopic (exact) mass is 527 g/mol. The van der Waals surface area contributed by atoms with Crippen LogP contribution in [0.4, 0.5) is 17.5 Å². The smallest absolute Gasteiger partial charge is 0.335 e. The molecule has 1 aliphatic rings. The number of piperidine rings is 1. The standard InChI is InChI=1S/C29H29N5O5/c1-2-37-23-8-3-4-9-24(23)38-22-7-6-16-34(19-22)27-18-30-17-26(32-27)31-25-10-5-11-28(33-25)39-21-14-12-20(13-15-21)29(35)36/h3-5,8-15,17-18,22H,2,6-7,16,19H2,1H3,(H,35,36)(H,31,32,33). The van der Waals surface area contributed by atoms with Gasteiger partial charge in [0.1, 0.15) is 23.5 Å². The number of hydrogen-bond donors (Lipinski definition) is 2. The van der Waals surface area contributed by atoms with E-state index in [1.54, 1.807) is 42.7 Å². The summed E-state index contributed by atoms with van der Waals surface area (Å²) in [6.45, 7) is 4.07. The SMILES string of the molecule is CCOc1ccccc1OC1CCCN(c2cncc(Nc3cccc(Oc4ccc(C(=O)O)cc4)n3)n2)C1. The molecule has 1 atom stereocenters. The molecule has 10 nitrogen and oxygen atoms in total. The summed E-state index contributed by atoms with van der Waals surface area (Å²) in [6, 6.07) is 19.2. The van der Waals surface area contributed by atoms with Gasteiger partial charge in [-0.3, -0.25) is 4.98 Å². The minimum absolute atomic E-state index is 0.00108. The Balaban J connectivity index is 1.23. The highest BCUT2D eigenvalue weighted by Crippen LogP contribution is 2.30. The molecule has 0 aliphatic carbocycles. The molecule has 1 unspecified atom stereocenters. The molecule has 2 N–H and O–H groups in total. The summed E-state index contributed by atoms with van der Waals surface area (Å²) in [4.78, 5) is 26.8. The summed E-state index contributed by atoms with van der Waals surface area (Å²) in [5.41, 5.74) is 0.186. The van der Waals surface area contributed by atoms with Crippen LogP contribution in [0.2, 0.25) is 0 Å². The molecule has 0 amide bonds. The zero-order valence-electron chi connectivity index (χ0n) is 21.5. The van der Waals surface area contributed by atoms with E-state index in [1.165, 1.54) is 12.1 Å². The van der Waals surface area contributed by atoms with Crippen LogP contribution in [0.5, 0.6) is 23.1 Å². The average molecular weight is 528 g/mol. The number of nitrogens with zero attached hydrogens (tertiary/aromatic N) is 4. The van der Waals surface area contributed by atoms with Gasteiger partial charge in [-0.05, 0) is 62.2 Å². The van der Waals surface area contributed by atoms with Crippen LogP contribution in [0.1, 0.15) is 30.1 Å². The normalized spacial score (nSPS) is 14.9. The molecule has 10 heteroatoms. The lowest BCUT2D eigenvalue weighted by Gasteiger charge is -2.33. The van der Waals surface area contributed by atoms with E-state index in [9.17, 15) is 4.79 Å². The quantitative estimate of drug-likeness (QED) is 0.272. The fourth-order valence-corrected chi connectivity index (χ4v) is 4.27. The minimum atomic E-state index is -0.992. The van der Waals surface area contributed by atoms with E-state index >= 15 is 0 Å². The molecule has 5 rings (SSSR count). The van der Waals surface area contributed by atoms with Gasteiger partial charge in [0.25, 0.3) is 0 Å². The third kappa shape index (κ3) is 6.72. The highest BCUT2D eigenvalue weighted by Gasteiger charge is 2.24. The number of benzene rings is 2. The van der Waals surface area contributed by atoms with Crippen LogP contribution >= 0.6 is 0 Å². The van der Waals surface area contributed by atoms with Gasteiger partial charge in [-0.1, -0.05) is 18.2 Å². The van der Waals surface area contributed by atoms with Crippen molar-refractivity contribution in [1.82, 2.24) is 15.0 Å². The predicted molar refractivity (Wildman–Crippen MR) is 147 cm³/mol. The van der Waals surface area contributed by atoms with E-state index in [2.05, 4.69) is 20.2 Å². The fourth-order valence-electron chi connectivity index (χ4n) is 4.27. The molecule has 0 saturated carbocycles. The first kappa shape index (κ1) is 25.8. The Kier molecular flexibility index (Phi) is 8.01. The number of para-hydroxylation sites is 2. The van der Waals surface area contributed by atoms with Gasteiger partial charge in [0, 0.05) is 12.6 Å². The maximum Gasteiger partial charge on any atom is 0.335 e. The molecule has 0 spiro atoms. The average Bonchev–Trinajstić information content (AvgIpc) is 2.95. The zero-order valence-corrected chi connectivity index (χ0v) is 21.5. The molecular formula is C29H29N5O5. The Hall–Kier alpha value is -4.86. The molecule has 39 heavy (non-hydrogen) atoms. The summed E-state index contributed by atoms with van der Waals surface area (Å²) in [6.07, 6.45) is 5.29. The van der Waals surface area contributed by atoms with Crippen molar-refractivity contribution in [2.24, 2.45) is 0 Å². The van der Waals surface area contributed by atoms with Crippen molar-refractivity contribution >= 4 is 23.4 Å². The number of nitrogens with one attached hydrogen (secondary N) is 1.